The lowest BCUT2D eigenvalue weighted by molar-refractivity contribution is 1.33. The molecule has 3 aromatic heterocycles. The molecule has 0 aliphatic carbocycles. The average molecular weight is 217 g/mol. The summed E-state index contributed by atoms with van der Waals surface area (Å²) in [5, 5.41) is 0. The molecule has 0 radical (unpaired) electrons. The topological polar surface area (TPSA) is 61.5 Å². The number of aromatic nitrogens is 3. The summed E-state index contributed by atoms with van der Waals surface area (Å²) in [6.45, 7) is 0. The molecule has 3 heterocycles. The standard InChI is InChI=1S/C10H7N3OS/c14-7-1-2-11-6-5-8(15-9(6)7)10-12-3-4-13-10/h1-5H,(H,11,14)(H,12,13). The number of hydrogen-bond acceptors (Lipinski definition) is 3. The van der Waals surface area contributed by atoms with Crippen LogP contribution in [0.2, 0.25) is 0 Å². The number of pyridine rings is 1. The minimum Gasteiger partial charge on any atom is -0.360 e. The molecule has 2 N–H and O–H groups in total. The molecule has 0 amide bonds. The Morgan fingerprint density at radius 1 is 1.27 bits per heavy atom. The van der Waals surface area contributed by atoms with Crippen molar-refractivity contribution in [1.29, 1.82) is 0 Å². The van der Waals surface area contributed by atoms with Crippen LogP contribution in [0.15, 0.2) is 35.5 Å². The van der Waals surface area contributed by atoms with Gasteiger partial charge in [-0.1, -0.05) is 0 Å². The molecule has 15 heavy (non-hydrogen) atoms. The van der Waals surface area contributed by atoms with E-state index in [1.54, 1.807) is 18.6 Å². The molecular weight excluding hydrogens is 210 g/mol. The van der Waals surface area contributed by atoms with E-state index in [0.717, 1.165) is 20.9 Å². The van der Waals surface area contributed by atoms with Crippen LogP contribution in [0.25, 0.3) is 20.9 Å². The molecule has 3 aromatic rings. The normalized spacial score (nSPS) is 10.9. The zero-order chi connectivity index (χ0) is 10.3. The summed E-state index contributed by atoms with van der Waals surface area (Å²) < 4.78 is 0.740. The number of rotatable bonds is 1. The minimum absolute atomic E-state index is 0.0477. The Morgan fingerprint density at radius 3 is 2.93 bits per heavy atom. The molecule has 0 saturated carbocycles. The smallest absolute Gasteiger partial charge is 0.199 e. The maximum Gasteiger partial charge on any atom is 0.199 e. The molecule has 0 fully saturated rings. The molecule has 0 spiro atoms. The Labute approximate surface area is 88.6 Å². The number of imidazole rings is 1. The van der Waals surface area contributed by atoms with Gasteiger partial charge in [0.15, 0.2) is 5.43 Å². The van der Waals surface area contributed by atoms with E-state index in [-0.39, 0.29) is 5.43 Å². The van der Waals surface area contributed by atoms with Gasteiger partial charge in [-0.05, 0) is 6.07 Å². The lowest BCUT2D eigenvalue weighted by atomic mass is 10.3. The molecular formula is C10H7N3OS. The molecule has 3 rings (SSSR count). The first-order chi connectivity index (χ1) is 7.34. The van der Waals surface area contributed by atoms with Crippen molar-refractivity contribution in [3.05, 3.63) is 40.9 Å². The van der Waals surface area contributed by atoms with Crippen molar-refractivity contribution in [2.75, 3.05) is 0 Å². The first kappa shape index (κ1) is 8.43. The van der Waals surface area contributed by atoms with Crippen molar-refractivity contribution in [3.8, 4) is 10.7 Å². The second-order valence-corrected chi connectivity index (χ2v) is 4.19. The summed E-state index contributed by atoms with van der Waals surface area (Å²) >= 11 is 1.44. The Morgan fingerprint density at radius 2 is 2.20 bits per heavy atom. The fraction of sp³-hybridized carbons (Fsp3) is 0. The number of hydrogen-bond donors (Lipinski definition) is 2. The van der Waals surface area contributed by atoms with Crippen LogP contribution < -0.4 is 5.43 Å². The van der Waals surface area contributed by atoms with Crippen molar-refractivity contribution in [1.82, 2.24) is 15.0 Å². The Bertz CT molecular complexity index is 651. The lowest BCUT2D eigenvalue weighted by Crippen LogP contribution is -1.95. The van der Waals surface area contributed by atoms with Crippen LogP contribution in [-0.4, -0.2) is 15.0 Å². The number of fused-ring (bicyclic) bond motifs is 1. The molecule has 0 aliphatic rings. The zero-order valence-electron chi connectivity index (χ0n) is 7.65. The third-order valence-corrected chi connectivity index (χ3v) is 3.32. The van der Waals surface area contributed by atoms with E-state index in [1.165, 1.54) is 17.4 Å². The van der Waals surface area contributed by atoms with Crippen molar-refractivity contribution in [2.45, 2.75) is 0 Å². The van der Waals surface area contributed by atoms with E-state index in [4.69, 9.17) is 0 Å². The van der Waals surface area contributed by atoms with E-state index < -0.39 is 0 Å². The van der Waals surface area contributed by atoms with E-state index in [2.05, 4.69) is 15.0 Å². The van der Waals surface area contributed by atoms with Gasteiger partial charge in [-0.2, -0.15) is 0 Å². The van der Waals surface area contributed by atoms with Crippen LogP contribution in [0.5, 0.6) is 0 Å². The monoisotopic (exact) mass is 217 g/mol. The maximum atomic E-state index is 11.5. The first-order valence-electron chi connectivity index (χ1n) is 4.45. The minimum atomic E-state index is 0.0477. The first-order valence-corrected chi connectivity index (χ1v) is 5.27. The molecule has 0 saturated heterocycles. The van der Waals surface area contributed by atoms with Gasteiger partial charge < -0.3 is 9.97 Å². The van der Waals surface area contributed by atoms with Crippen LogP contribution in [0.1, 0.15) is 0 Å². The summed E-state index contributed by atoms with van der Waals surface area (Å²) in [6, 6.07) is 3.46. The SMILES string of the molecule is O=c1cc[nH]c2cc(-c3ncc[nH]3)sc12. The number of thiophene rings is 1. The highest BCUT2D eigenvalue weighted by Gasteiger charge is 2.07. The van der Waals surface area contributed by atoms with Crippen LogP contribution in [0.4, 0.5) is 0 Å². The highest BCUT2D eigenvalue weighted by molar-refractivity contribution is 7.22. The predicted molar refractivity (Wildman–Crippen MR) is 60.0 cm³/mol. The molecule has 0 bridgehead atoms. The Balaban J connectivity index is 2.32. The number of nitrogens with zero attached hydrogens (tertiary/aromatic N) is 1. The summed E-state index contributed by atoms with van der Waals surface area (Å²) in [7, 11) is 0. The van der Waals surface area contributed by atoms with Gasteiger partial charge >= 0.3 is 0 Å². The molecule has 0 unspecified atom stereocenters. The molecule has 4 nitrogen and oxygen atoms in total. The highest BCUT2D eigenvalue weighted by atomic mass is 32.1. The quantitative estimate of drug-likeness (QED) is 0.654. The van der Waals surface area contributed by atoms with Crippen molar-refractivity contribution in [3.63, 3.8) is 0 Å². The van der Waals surface area contributed by atoms with Crippen LogP contribution in [0.3, 0.4) is 0 Å². The van der Waals surface area contributed by atoms with Gasteiger partial charge in [0.05, 0.1) is 15.1 Å². The summed E-state index contributed by atoms with van der Waals surface area (Å²) in [5.41, 5.74) is 0.908. The summed E-state index contributed by atoms with van der Waals surface area (Å²) in [4.78, 5) is 22.7. The van der Waals surface area contributed by atoms with Gasteiger partial charge in [-0.25, -0.2) is 4.98 Å². The molecule has 0 aliphatic heterocycles. The number of nitrogens with one attached hydrogen (secondary N) is 2. The van der Waals surface area contributed by atoms with Crippen LogP contribution in [0, 0.1) is 0 Å². The number of H-pyrrole nitrogens is 2. The van der Waals surface area contributed by atoms with Gasteiger partial charge in [0, 0.05) is 24.7 Å². The fourth-order valence-corrected chi connectivity index (χ4v) is 2.48. The van der Waals surface area contributed by atoms with E-state index in [1.807, 2.05) is 6.07 Å². The molecule has 0 atom stereocenters. The van der Waals surface area contributed by atoms with E-state index >= 15 is 0 Å². The van der Waals surface area contributed by atoms with Gasteiger partial charge in [0.1, 0.15) is 5.82 Å². The van der Waals surface area contributed by atoms with Crippen LogP contribution in [-0.2, 0) is 0 Å². The molecule has 5 heteroatoms. The Hall–Kier alpha value is -1.88. The second-order valence-electron chi connectivity index (χ2n) is 3.13. The van der Waals surface area contributed by atoms with Crippen LogP contribution >= 0.6 is 11.3 Å². The second kappa shape index (κ2) is 3.06. The summed E-state index contributed by atoms with van der Waals surface area (Å²) in [6.07, 6.45) is 5.12. The van der Waals surface area contributed by atoms with Gasteiger partial charge in [-0.3, -0.25) is 4.79 Å². The number of aromatic amines is 2. The van der Waals surface area contributed by atoms with E-state index in [0.29, 0.717) is 0 Å². The summed E-state index contributed by atoms with van der Waals surface area (Å²) in [5.74, 6) is 0.795. The van der Waals surface area contributed by atoms with Gasteiger partial charge in [-0.15, -0.1) is 11.3 Å². The lowest BCUT2D eigenvalue weighted by Gasteiger charge is -1.85. The zero-order valence-corrected chi connectivity index (χ0v) is 8.47. The van der Waals surface area contributed by atoms with Crippen molar-refractivity contribution >= 4 is 21.6 Å². The predicted octanol–water partition coefficient (Wildman–Crippen LogP) is 1.98. The van der Waals surface area contributed by atoms with Gasteiger partial charge in [0.25, 0.3) is 0 Å². The largest absolute Gasteiger partial charge is 0.360 e. The van der Waals surface area contributed by atoms with Crippen molar-refractivity contribution in [2.24, 2.45) is 0 Å². The van der Waals surface area contributed by atoms with Crippen molar-refractivity contribution < 1.29 is 0 Å². The highest BCUT2D eigenvalue weighted by Crippen LogP contribution is 2.27. The fourth-order valence-electron chi connectivity index (χ4n) is 1.48. The maximum absolute atomic E-state index is 11.5. The van der Waals surface area contributed by atoms with E-state index in [9.17, 15) is 4.79 Å². The average Bonchev–Trinajstić information content (AvgIpc) is 2.86. The molecule has 74 valence electrons. The third-order valence-electron chi connectivity index (χ3n) is 2.16. The Kier molecular flexibility index (Phi) is 1.72. The van der Waals surface area contributed by atoms with Gasteiger partial charge in [0.2, 0.25) is 0 Å². The third kappa shape index (κ3) is 1.28. The molecule has 0 aromatic carbocycles.